The number of halogens is 1. The van der Waals surface area contributed by atoms with E-state index in [-0.39, 0.29) is 5.25 Å². The molecule has 0 saturated carbocycles. The Bertz CT molecular complexity index is 774. The number of nitrogens with zero attached hydrogens (tertiary/aromatic N) is 2. The maximum Gasteiger partial charge on any atom is 0.244 e. The molecule has 3 nitrogen and oxygen atoms in total. The fourth-order valence-electron chi connectivity index (χ4n) is 2.16. The molecule has 22 heavy (non-hydrogen) atoms. The van der Waals surface area contributed by atoms with Crippen LogP contribution in [-0.2, 0) is 0 Å². The molecule has 0 amide bonds. The van der Waals surface area contributed by atoms with Crippen LogP contribution in [0.5, 0.6) is 0 Å². The Kier molecular flexibility index (Phi) is 4.50. The first kappa shape index (κ1) is 15.1. The molecule has 0 radical (unpaired) electrons. The Labute approximate surface area is 138 Å². The van der Waals surface area contributed by atoms with Gasteiger partial charge in [0, 0.05) is 9.92 Å². The molecule has 112 valence electrons. The largest absolute Gasteiger partial charge is 0.338 e. The van der Waals surface area contributed by atoms with Gasteiger partial charge in [0.2, 0.25) is 5.89 Å². The van der Waals surface area contributed by atoms with E-state index in [1.54, 1.807) is 11.8 Å². The number of hydrogen-bond acceptors (Lipinski definition) is 4. The van der Waals surface area contributed by atoms with Gasteiger partial charge in [-0.2, -0.15) is 4.98 Å². The molecule has 3 rings (SSSR count). The van der Waals surface area contributed by atoms with Gasteiger partial charge < -0.3 is 4.52 Å². The van der Waals surface area contributed by atoms with Gasteiger partial charge in [-0.05, 0) is 48.7 Å². The van der Waals surface area contributed by atoms with E-state index in [4.69, 9.17) is 16.1 Å². The van der Waals surface area contributed by atoms with Gasteiger partial charge in [0.05, 0.1) is 0 Å². The Morgan fingerprint density at radius 3 is 2.59 bits per heavy atom. The lowest BCUT2D eigenvalue weighted by Crippen LogP contribution is -1.98. The zero-order valence-corrected chi connectivity index (χ0v) is 13.9. The predicted molar refractivity (Wildman–Crippen MR) is 89.4 cm³/mol. The number of aromatic nitrogens is 2. The first-order valence-corrected chi connectivity index (χ1v) is 8.16. The maximum absolute atomic E-state index is 6.36. The molecule has 3 aromatic rings. The van der Waals surface area contributed by atoms with Crippen LogP contribution >= 0.6 is 23.4 Å². The second-order valence-corrected chi connectivity index (χ2v) is 6.63. The van der Waals surface area contributed by atoms with Gasteiger partial charge in [-0.1, -0.05) is 41.0 Å². The summed E-state index contributed by atoms with van der Waals surface area (Å²) in [5, 5.41) is 4.30. The second kappa shape index (κ2) is 6.55. The lowest BCUT2D eigenvalue weighted by atomic mass is 10.1. The van der Waals surface area contributed by atoms with Crippen molar-refractivity contribution in [3.05, 3.63) is 76.4 Å². The summed E-state index contributed by atoms with van der Waals surface area (Å²) in [6.45, 7) is 4.21. The Balaban J connectivity index is 1.99. The number of hydrogen-bond donors (Lipinski definition) is 0. The predicted octanol–water partition coefficient (Wildman–Crippen LogP) is 5.22. The Morgan fingerprint density at radius 1 is 1.09 bits per heavy atom. The minimum absolute atomic E-state index is 0.127. The van der Waals surface area contributed by atoms with Gasteiger partial charge >= 0.3 is 0 Å². The third-order valence-corrected chi connectivity index (χ3v) is 5.08. The summed E-state index contributed by atoms with van der Waals surface area (Å²) >= 11 is 8.01. The van der Waals surface area contributed by atoms with Gasteiger partial charge in [-0.15, -0.1) is 11.8 Å². The molecule has 0 bridgehead atoms. The standard InChI is InChI=1S/C17H15ClN2OS/c1-11-7-8-13(9-12(11)2)22-16(17-19-10-20-21-17)14-5-3-4-6-15(14)18/h3-10,16H,1-2H3. The van der Waals surface area contributed by atoms with Crippen molar-refractivity contribution in [2.45, 2.75) is 24.0 Å². The van der Waals surface area contributed by atoms with Crippen molar-refractivity contribution in [2.24, 2.45) is 0 Å². The molecule has 0 aliphatic rings. The molecule has 0 fully saturated rings. The summed E-state index contributed by atoms with van der Waals surface area (Å²) < 4.78 is 5.29. The molecule has 5 heteroatoms. The highest BCUT2D eigenvalue weighted by Gasteiger charge is 2.23. The molecule has 2 aromatic carbocycles. The van der Waals surface area contributed by atoms with Crippen molar-refractivity contribution < 1.29 is 4.52 Å². The van der Waals surface area contributed by atoms with Crippen LogP contribution in [-0.4, -0.2) is 10.1 Å². The topological polar surface area (TPSA) is 38.9 Å². The van der Waals surface area contributed by atoms with E-state index in [1.807, 2.05) is 24.3 Å². The lowest BCUT2D eigenvalue weighted by Gasteiger charge is -2.15. The van der Waals surface area contributed by atoms with Gasteiger partial charge in [-0.3, -0.25) is 0 Å². The van der Waals surface area contributed by atoms with Crippen molar-refractivity contribution in [2.75, 3.05) is 0 Å². The molecule has 1 atom stereocenters. The molecule has 0 aliphatic heterocycles. The fraction of sp³-hybridized carbons (Fsp3) is 0.176. The van der Waals surface area contributed by atoms with E-state index in [2.05, 4.69) is 42.2 Å². The molecule has 1 heterocycles. The smallest absolute Gasteiger partial charge is 0.244 e. The van der Waals surface area contributed by atoms with Crippen LogP contribution in [0.3, 0.4) is 0 Å². The van der Waals surface area contributed by atoms with Crippen LogP contribution in [0.1, 0.15) is 27.8 Å². The van der Waals surface area contributed by atoms with Gasteiger partial charge in [0.25, 0.3) is 0 Å². The monoisotopic (exact) mass is 330 g/mol. The Hall–Kier alpha value is -1.78. The van der Waals surface area contributed by atoms with Crippen molar-refractivity contribution >= 4 is 23.4 Å². The second-order valence-electron chi connectivity index (χ2n) is 5.04. The summed E-state index contributed by atoms with van der Waals surface area (Å²) in [6, 6.07) is 14.1. The van der Waals surface area contributed by atoms with Gasteiger partial charge in [-0.25, -0.2) is 0 Å². The average Bonchev–Trinajstić information content (AvgIpc) is 3.03. The summed E-state index contributed by atoms with van der Waals surface area (Å²) in [5.41, 5.74) is 3.50. The van der Waals surface area contributed by atoms with Gasteiger partial charge in [0.1, 0.15) is 5.25 Å². The summed E-state index contributed by atoms with van der Waals surface area (Å²) in [7, 11) is 0. The Morgan fingerprint density at radius 2 is 1.91 bits per heavy atom. The van der Waals surface area contributed by atoms with Crippen molar-refractivity contribution in [1.82, 2.24) is 10.1 Å². The van der Waals surface area contributed by atoms with Crippen LogP contribution < -0.4 is 0 Å². The minimum Gasteiger partial charge on any atom is -0.338 e. The van der Waals surface area contributed by atoms with Crippen LogP contribution in [0.25, 0.3) is 0 Å². The molecule has 0 aliphatic carbocycles. The molecule has 0 N–H and O–H groups in total. The minimum atomic E-state index is -0.127. The first-order chi connectivity index (χ1) is 10.6. The zero-order valence-electron chi connectivity index (χ0n) is 12.3. The van der Waals surface area contributed by atoms with E-state index in [9.17, 15) is 0 Å². The average molecular weight is 331 g/mol. The van der Waals surface area contributed by atoms with Crippen molar-refractivity contribution in [3.8, 4) is 0 Å². The van der Waals surface area contributed by atoms with E-state index < -0.39 is 0 Å². The van der Waals surface area contributed by atoms with Crippen molar-refractivity contribution in [3.63, 3.8) is 0 Å². The SMILES string of the molecule is Cc1ccc(SC(c2ncno2)c2ccccc2Cl)cc1C. The molecule has 1 unspecified atom stereocenters. The molecule has 1 aromatic heterocycles. The number of rotatable bonds is 4. The lowest BCUT2D eigenvalue weighted by molar-refractivity contribution is 0.382. The highest BCUT2D eigenvalue weighted by Crippen LogP contribution is 2.42. The summed E-state index contributed by atoms with van der Waals surface area (Å²) in [5.74, 6) is 0.552. The van der Waals surface area contributed by atoms with E-state index in [0.717, 1.165) is 10.5 Å². The third-order valence-electron chi connectivity index (χ3n) is 3.52. The fourth-order valence-corrected chi connectivity index (χ4v) is 3.67. The van der Waals surface area contributed by atoms with Crippen LogP contribution in [0.15, 0.2) is 58.2 Å². The van der Waals surface area contributed by atoms with Crippen LogP contribution in [0.2, 0.25) is 5.02 Å². The van der Waals surface area contributed by atoms with E-state index in [0.29, 0.717) is 10.9 Å². The molecule has 0 spiro atoms. The number of aryl methyl sites for hydroxylation is 2. The van der Waals surface area contributed by atoms with Crippen molar-refractivity contribution in [1.29, 1.82) is 0 Å². The highest BCUT2D eigenvalue weighted by atomic mass is 35.5. The molecular weight excluding hydrogens is 316 g/mol. The summed E-state index contributed by atoms with van der Waals surface area (Å²) in [4.78, 5) is 5.36. The third kappa shape index (κ3) is 3.18. The van der Waals surface area contributed by atoms with Gasteiger partial charge in [0.15, 0.2) is 6.33 Å². The van der Waals surface area contributed by atoms with Crippen LogP contribution in [0.4, 0.5) is 0 Å². The molecular formula is C17H15ClN2OS. The zero-order chi connectivity index (χ0) is 15.5. The quantitative estimate of drug-likeness (QED) is 0.615. The molecule has 0 saturated heterocycles. The number of thioether (sulfide) groups is 1. The summed E-state index contributed by atoms with van der Waals surface area (Å²) in [6.07, 6.45) is 1.42. The normalized spacial score (nSPS) is 12.3. The maximum atomic E-state index is 6.36. The first-order valence-electron chi connectivity index (χ1n) is 6.90. The number of benzene rings is 2. The highest BCUT2D eigenvalue weighted by molar-refractivity contribution is 7.99. The van der Waals surface area contributed by atoms with E-state index >= 15 is 0 Å². The van der Waals surface area contributed by atoms with E-state index in [1.165, 1.54) is 17.5 Å². The van der Waals surface area contributed by atoms with Crippen LogP contribution in [0, 0.1) is 13.8 Å².